The topological polar surface area (TPSA) is 112 Å². The van der Waals surface area contributed by atoms with Gasteiger partial charge in [-0.05, 0) is 50.5 Å². The van der Waals surface area contributed by atoms with Gasteiger partial charge in [-0.1, -0.05) is 18.0 Å². The smallest absolute Gasteiger partial charge is 0.286 e. The van der Waals surface area contributed by atoms with E-state index in [1.165, 1.54) is 12.1 Å². The van der Waals surface area contributed by atoms with Crippen LogP contribution in [0.1, 0.15) is 52.9 Å². The average molecular weight is 463 g/mol. The Hall–Kier alpha value is -2.65. The van der Waals surface area contributed by atoms with Crippen LogP contribution in [0.25, 0.3) is 0 Å². The summed E-state index contributed by atoms with van der Waals surface area (Å²) in [6.45, 7) is 4.22. The van der Waals surface area contributed by atoms with Crippen molar-refractivity contribution in [3.05, 3.63) is 56.0 Å². The summed E-state index contributed by atoms with van der Waals surface area (Å²) in [6, 6.07) is 4.62. The molecule has 0 bridgehead atoms. The highest BCUT2D eigenvalue weighted by atomic mass is 35.5. The Morgan fingerprint density at radius 3 is 2.74 bits per heavy atom. The summed E-state index contributed by atoms with van der Waals surface area (Å²) in [4.78, 5) is 29.5. The van der Waals surface area contributed by atoms with Crippen LogP contribution in [-0.2, 0) is 16.6 Å². The van der Waals surface area contributed by atoms with E-state index in [0.717, 1.165) is 30.5 Å². The predicted octanol–water partition coefficient (Wildman–Crippen LogP) is 3.06. The van der Waals surface area contributed by atoms with Crippen molar-refractivity contribution in [1.29, 1.82) is 0 Å². The van der Waals surface area contributed by atoms with Gasteiger partial charge in [0.15, 0.2) is 0 Å². The van der Waals surface area contributed by atoms with E-state index in [0.29, 0.717) is 30.1 Å². The maximum Gasteiger partial charge on any atom is 0.286 e. The Kier molecular flexibility index (Phi) is 5.65. The van der Waals surface area contributed by atoms with E-state index in [2.05, 4.69) is 14.7 Å². The minimum atomic E-state index is -3.93. The molecule has 4 rings (SSSR count). The van der Waals surface area contributed by atoms with Crippen molar-refractivity contribution in [2.75, 3.05) is 11.4 Å². The maximum absolute atomic E-state index is 12.8. The van der Waals surface area contributed by atoms with E-state index >= 15 is 0 Å². The van der Waals surface area contributed by atoms with Gasteiger partial charge < -0.3 is 15.2 Å². The standard InChI is InChI=1S/C21H23ClN4O4S/c1-12-8-13(2)24-21(28)15(12)11-23-20(27)14-9-18-17(10-16(14)22)26-7-5-3-4-6-19(26)25-31(18,29)30/h8-10H,3-7,11H2,1-2H3,(H,23,27)(H,24,28). The molecule has 0 atom stereocenters. The average Bonchev–Trinajstić information content (AvgIpc) is 2.91. The Balaban J connectivity index is 1.66. The molecule has 0 unspecified atom stereocenters. The number of carbonyl (C=O) groups is 1. The molecule has 1 fully saturated rings. The zero-order valence-corrected chi connectivity index (χ0v) is 18.9. The molecule has 2 aliphatic heterocycles. The van der Waals surface area contributed by atoms with Crippen molar-refractivity contribution in [3.63, 3.8) is 0 Å². The van der Waals surface area contributed by atoms with Crippen LogP contribution in [0.2, 0.25) is 5.02 Å². The Morgan fingerprint density at radius 1 is 1.23 bits per heavy atom. The number of aromatic amines is 1. The number of pyridine rings is 1. The van der Waals surface area contributed by atoms with Crippen LogP contribution in [0.15, 0.2) is 32.3 Å². The molecule has 1 aromatic carbocycles. The molecule has 164 valence electrons. The largest absolute Gasteiger partial charge is 0.348 e. The molecule has 0 radical (unpaired) electrons. The van der Waals surface area contributed by atoms with Gasteiger partial charge in [0.25, 0.3) is 21.5 Å². The molecular weight excluding hydrogens is 440 g/mol. The first-order valence-electron chi connectivity index (χ1n) is 10.1. The second-order valence-corrected chi connectivity index (χ2v) is 9.85. The van der Waals surface area contributed by atoms with Crippen molar-refractivity contribution in [1.82, 2.24) is 10.3 Å². The van der Waals surface area contributed by atoms with Crippen molar-refractivity contribution in [3.8, 4) is 0 Å². The number of amidine groups is 1. The normalized spacial score (nSPS) is 17.3. The number of hydrogen-bond acceptors (Lipinski definition) is 5. The van der Waals surface area contributed by atoms with Crippen molar-refractivity contribution >= 4 is 39.1 Å². The number of anilines is 1. The first kappa shape index (κ1) is 21.6. The summed E-state index contributed by atoms with van der Waals surface area (Å²) < 4.78 is 29.6. The number of aryl methyl sites for hydroxylation is 2. The van der Waals surface area contributed by atoms with Gasteiger partial charge in [-0.15, -0.1) is 4.40 Å². The zero-order valence-electron chi connectivity index (χ0n) is 17.3. The van der Waals surface area contributed by atoms with Gasteiger partial charge in [0.2, 0.25) is 0 Å². The molecular formula is C21H23ClN4O4S. The van der Waals surface area contributed by atoms with Crippen LogP contribution in [0, 0.1) is 13.8 Å². The fourth-order valence-electron chi connectivity index (χ4n) is 4.04. The number of nitrogens with zero attached hydrogens (tertiary/aromatic N) is 2. The fraction of sp³-hybridized carbons (Fsp3) is 0.381. The van der Waals surface area contributed by atoms with E-state index < -0.39 is 15.9 Å². The number of hydrogen-bond donors (Lipinski definition) is 2. The molecule has 31 heavy (non-hydrogen) atoms. The quantitative estimate of drug-likeness (QED) is 0.728. The first-order valence-corrected chi connectivity index (χ1v) is 11.9. The lowest BCUT2D eigenvalue weighted by Gasteiger charge is -2.30. The number of amides is 1. The summed E-state index contributed by atoms with van der Waals surface area (Å²) >= 11 is 6.40. The SMILES string of the molecule is Cc1cc(C)c(CNC(=O)c2cc3c(cc2Cl)N2CCCCCC2=NS3(=O)=O)c(=O)[nH]1. The first-order chi connectivity index (χ1) is 14.7. The predicted molar refractivity (Wildman–Crippen MR) is 120 cm³/mol. The van der Waals surface area contributed by atoms with Gasteiger partial charge in [-0.3, -0.25) is 9.59 Å². The highest BCUT2D eigenvalue weighted by Crippen LogP contribution is 2.37. The minimum absolute atomic E-state index is 0.00509. The second-order valence-electron chi connectivity index (χ2n) is 7.87. The molecule has 2 aliphatic rings. The molecule has 2 N–H and O–H groups in total. The van der Waals surface area contributed by atoms with Crippen LogP contribution in [0.3, 0.4) is 0 Å². The lowest BCUT2D eigenvalue weighted by Crippen LogP contribution is -2.35. The molecule has 1 amide bonds. The molecule has 3 heterocycles. The minimum Gasteiger partial charge on any atom is -0.348 e. The highest BCUT2D eigenvalue weighted by Gasteiger charge is 2.33. The summed E-state index contributed by atoms with van der Waals surface area (Å²) in [7, 11) is -3.93. The molecule has 10 heteroatoms. The number of fused-ring (bicyclic) bond motifs is 3. The number of halogens is 1. The molecule has 0 aliphatic carbocycles. The van der Waals surface area contributed by atoms with E-state index in [-0.39, 0.29) is 27.6 Å². The third-order valence-corrected chi connectivity index (χ3v) is 7.25. The summed E-state index contributed by atoms with van der Waals surface area (Å²) in [5, 5.41) is 2.81. The number of benzene rings is 1. The van der Waals surface area contributed by atoms with Gasteiger partial charge in [-0.25, -0.2) is 0 Å². The van der Waals surface area contributed by atoms with E-state index in [1.54, 1.807) is 13.8 Å². The van der Waals surface area contributed by atoms with Crippen molar-refractivity contribution < 1.29 is 13.2 Å². The van der Waals surface area contributed by atoms with E-state index in [4.69, 9.17) is 11.6 Å². The summed E-state index contributed by atoms with van der Waals surface area (Å²) in [5.41, 5.74) is 2.12. The van der Waals surface area contributed by atoms with Gasteiger partial charge in [-0.2, -0.15) is 8.42 Å². The van der Waals surface area contributed by atoms with Gasteiger partial charge >= 0.3 is 0 Å². The second kappa shape index (κ2) is 8.12. The van der Waals surface area contributed by atoms with E-state index in [9.17, 15) is 18.0 Å². The number of carbonyl (C=O) groups excluding carboxylic acids is 1. The molecule has 0 saturated carbocycles. The lowest BCUT2D eigenvalue weighted by molar-refractivity contribution is 0.0950. The number of nitrogens with one attached hydrogen (secondary N) is 2. The molecule has 2 aromatic rings. The van der Waals surface area contributed by atoms with Crippen LogP contribution in [0.5, 0.6) is 0 Å². The maximum atomic E-state index is 12.8. The van der Waals surface area contributed by atoms with Crippen molar-refractivity contribution in [2.45, 2.75) is 51.0 Å². The molecule has 1 aromatic heterocycles. The van der Waals surface area contributed by atoms with Crippen LogP contribution < -0.4 is 15.8 Å². The summed E-state index contributed by atoms with van der Waals surface area (Å²) in [5.74, 6) is -0.0413. The number of aromatic nitrogens is 1. The number of rotatable bonds is 3. The lowest BCUT2D eigenvalue weighted by atomic mass is 10.1. The Labute approximate surface area is 185 Å². The Morgan fingerprint density at radius 2 is 2.00 bits per heavy atom. The molecule has 0 spiro atoms. The number of H-pyrrole nitrogens is 1. The van der Waals surface area contributed by atoms with Gasteiger partial charge in [0, 0.05) is 30.8 Å². The summed E-state index contributed by atoms with van der Waals surface area (Å²) in [6.07, 6.45) is 3.38. The van der Waals surface area contributed by atoms with Crippen LogP contribution >= 0.6 is 11.6 Å². The van der Waals surface area contributed by atoms with Crippen molar-refractivity contribution in [2.24, 2.45) is 4.40 Å². The zero-order chi connectivity index (χ0) is 22.3. The molecule has 1 saturated heterocycles. The van der Waals surface area contributed by atoms with Crippen LogP contribution in [0.4, 0.5) is 5.69 Å². The van der Waals surface area contributed by atoms with Crippen LogP contribution in [-0.4, -0.2) is 31.7 Å². The highest BCUT2D eigenvalue weighted by molar-refractivity contribution is 7.90. The third-order valence-electron chi connectivity index (χ3n) is 5.60. The van der Waals surface area contributed by atoms with Gasteiger partial charge in [0.05, 0.1) is 16.3 Å². The monoisotopic (exact) mass is 462 g/mol. The fourth-order valence-corrected chi connectivity index (χ4v) is 5.55. The Bertz CT molecular complexity index is 1270. The number of sulfonamides is 1. The molecule has 8 nitrogen and oxygen atoms in total. The van der Waals surface area contributed by atoms with E-state index in [1.807, 2.05) is 11.0 Å². The third kappa shape index (κ3) is 4.12. The van der Waals surface area contributed by atoms with Gasteiger partial charge in [0.1, 0.15) is 10.7 Å².